The molecule has 1 saturated heterocycles. The molecule has 4 rings (SSSR count). The first-order valence-electron chi connectivity index (χ1n) is 10.1. The van der Waals surface area contributed by atoms with Gasteiger partial charge in [-0.15, -0.1) is 0 Å². The molecule has 0 aliphatic carbocycles. The van der Waals surface area contributed by atoms with E-state index in [9.17, 15) is 9.59 Å². The van der Waals surface area contributed by atoms with Gasteiger partial charge < -0.3 is 24.7 Å². The summed E-state index contributed by atoms with van der Waals surface area (Å²) in [5, 5.41) is 6.27. The molecule has 1 aromatic carbocycles. The zero-order valence-corrected chi connectivity index (χ0v) is 17.2. The van der Waals surface area contributed by atoms with Crippen molar-refractivity contribution >= 4 is 23.3 Å². The highest BCUT2D eigenvalue weighted by Crippen LogP contribution is 2.27. The fraction of sp³-hybridized carbons (Fsp3) is 0.261. The van der Waals surface area contributed by atoms with E-state index in [2.05, 4.69) is 15.6 Å². The molecule has 3 aromatic rings. The minimum absolute atomic E-state index is 0.0137. The predicted molar refractivity (Wildman–Crippen MR) is 116 cm³/mol. The van der Waals surface area contributed by atoms with Crippen LogP contribution in [-0.2, 0) is 0 Å². The minimum atomic E-state index is -0.204. The molecule has 0 saturated carbocycles. The molecular formula is C23H24N4O4. The average molecular weight is 420 g/mol. The third kappa shape index (κ3) is 4.69. The second-order valence-electron chi connectivity index (χ2n) is 7.28. The molecule has 0 unspecified atom stereocenters. The molecule has 3 heterocycles. The minimum Gasteiger partial charge on any atom is -0.495 e. The van der Waals surface area contributed by atoms with E-state index in [-0.39, 0.29) is 17.9 Å². The SMILES string of the molecule is COc1ccccc1Nc1ncccc1C(=O)NC1CCN(C(=O)c2ccoc2)CC1. The normalized spacial score (nSPS) is 14.2. The standard InChI is InChI=1S/C23H24N4O4/c1-30-20-7-3-2-6-19(20)26-21-18(5-4-11-24-21)22(28)25-17-8-12-27(13-9-17)23(29)16-10-14-31-15-16/h2-7,10-11,14-15,17H,8-9,12-13H2,1H3,(H,24,26)(H,25,28). The van der Waals surface area contributed by atoms with Crippen LogP contribution < -0.4 is 15.4 Å². The highest BCUT2D eigenvalue weighted by atomic mass is 16.5. The Morgan fingerprint density at radius 3 is 2.68 bits per heavy atom. The van der Waals surface area contributed by atoms with Crippen LogP contribution >= 0.6 is 0 Å². The second-order valence-corrected chi connectivity index (χ2v) is 7.28. The lowest BCUT2D eigenvalue weighted by Crippen LogP contribution is -2.46. The van der Waals surface area contributed by atoms with Crippen LogP contribution in [0.15, 0.2) is 65.6 Å². The molecule has 0 bridgehead atoms. The Morgan fingerprint density at radius 2 is 1.94 bits per heavy atom. The number of methoxy groups -OCH3 is 1. The van der Waals surface area contributed by atoms with Crippen molar-refractivity contribution in [2.24, 2.45) is 0 Å². The van der Waals surface area contributed by atoms with E-state index < -0.39 is 0 Å². The summed E-state index contributed by atoms with van der Waals surface area (Å²) in [5.41, 5.74) is 1.72. The zero-order chi connectivity index (χ0) is 21.6. The van der Waals surface area contributed by atoms with Gasteiger partial charge in [-0.3, -0.25) is 9.59 Å². The summed E-state index contributed by atoms with van der Waals surface area (Å²) in [5.74, 6) is 0.866. The lowest BCUT2D eigenvalue weighted by molar-refractivity contribution is 0.0697. The maximum absolute atomic E-state index is 13.0. The summed E-state index contributed by atoms with van der Waals surface area (Å²) in [6, 6.07) is 12.6. The van der Waals surface area contributed by atoms with Gasteiger partial charge in [0.1, 0.15) is 17.8 Å². The van der Waals surface area contributed by atoms with Crippen molar-refractivity contribution in [3.8, 4) is 5.75 Å². The van der Waals surface area contributed by atoms with Gasteiger partial charge in [0.2, 0.25) is 0 Å². The fourth-order valence-corrected chi connectivity index (χ4v) is 3.62. The van der Waals surface area contributed by atoms with Crippen LogP contribution in [0.5, 0.6) is 5.75 Å². The number of furan rings is 1. The molecule has 1 aliphatic heterocycles. The number of aromatic nitrogens is 1. The van der Waals surface area contributed by atoms with E-state index in [0.29, 0.717) is 48.6 Å². The molecule has 8 heteroatoms. The number of hydrogen-bond acceptors (Lipinski definition) is 6. The van der Waals surface area contributed by atoms with Gasteiger partial charge in [-0.25, -0.2) is 4.98 Å². The van der Waals surface area contributed by atoms with Gasteiger partial charge in [0.05, 0.1) is 30.2 Å². The van der Waals surface area contributed by atoms with E-state index in [1.54, 1.807) is 36.4 Å². The number of amides is 2. The lowest BCUT2D eigenvalue weighted by Gasteiger charge is -2.32. The van der Waals surface area contributed by atoms with Gasteiger partial charge >= 0.3 is 0 Å². The van der Waals surface area contributed by atoms with Gasteiger partial charge in [0, 0.05) is 25.3 Å². The highest BCUT2D eigenvalue weighted by Gasteiger charge is 2.26. The number of nitrogens with one attached hydrogen (secondary N) is 2. The first-order chi connectivity index (χ1) is 15.2. The summed E-state index contributed by atoms with van der Waals surface area (Å²) in [6.07, 6.45) is 5.95. The Bertz CT molecular complexity index is 1040. The smallest absolute Gasteiger partial charge is 0.257 e. The van der Waals surface area contributed by atoms with Crippen molar-refractivity contribution in [3.63, 3.8) is 0 Å². The van der Waals surface area contributed by atoms with Crippen LogP contribution in [-0.4, -0.2) is 47.9 Å². The van der Waals surface area contributed by atoms with Gasteiger partial charge in [-0.1, -0.05) is 12.1 Å². The molecular weight excluding hydrogens is 396 g/mol. The first kappa shape index (κ1) is 20.5. The third-order valence-electron chi connectivity index (χ3n) is 5.30. The van der Waals surface area contributed by atoms with Crippen LogP contribution in [0.1, 0.15) is 33.6 Å². The number of ether oxygens (including phenoxy) is 1. The van der Waals surface area contributed by atoms with E-state index in [4.69, 9.17) is 9.15 Å². The summed E-state index contributed by atoms with van der Waals surface area (Å²) >= 11 is 0. The Morgan fingerprint density at radius 1 is 1.13 bits per heavy atom. The summed E-state index contributed by atoms with van der Waals surface area (Å²) in [4.78, 5) is 31.5. The second kappa shape index (κ2) is 9.34. The number of carbonyl (C=O) groups is 2. The zero-order valence-electron chi connectivity index (χ0n) is 17.2. The molecule has 160 valence electrons. The van der Waals surface area contributed by atoms with Crippen LogP contribution in [0.2, 0.25) is 0 Å². The summed E-state index contributed by atoms with van der Waals surface area (Å²) < 4.78 is 10.4. The number of benzene rings is 1. The van der Waals surface area contributed by atoms with Gasteiger partial charge in [-0.2, -0.15) is 0 Å². The number of para-hydroxylation sites is 2. The number of likely N-dealkylation sites (tertiary alicyclic amines) is 1. The largest absolute Gasteiger partial charge is 0.495 e. The van der Waals surface area contributed by atoms with Crippen molar-refractivity contribution in [2.45, 2.75) is 18.9 Å². The number of anilines is 2. The van der Waals surface area contributed by atoms with Gasteiger partial charge in [0.25, 0.3) is 11.8 Å². The van der Waals surface area contributed by atoms with Crippen molar-refractivity contribution in [3.05, 3.63) is 72.3 Å². The number of carbonyl (C=O) groups excluding carboxylic acids is 2. The Kier molecular flexibility index (Phi) is 6.16. The number of piperidine rings is 1. The van der Waals surface area contributed by atoms with Crippen LogP contribution in [0, 0.1) is 0 Å². The first-order valence-corrected chi connectivity index (χ1v) is 10.1. The third-order valence-corrected chi connectivity index (χ3v) is 5.30. The molecule has 2 N–H and O–H groups in total. The predicted octanol–water partition coefficient (Wildman–Crippen LogP) is 3.46. The topological polar surface area (TPSA) is 96.7 Å². The molecule has 2 aromatic heterocycles. The average Bonchev–Trinajstić information content (AvgIpc) is 3.35. The molecule has 1 aliphatic rings. The Balaban J connectivity index is 1.39. The van der Waals surface area contributed by atoms with Crippen LogP contribution in [0.25, 0.3) is 0 Å². The fourth-order valence-electron chi connectivity index (χ4n) is 3.62. The number of pyridine rings is 1. The lowest BCUT2D eigenvalue weighted by atomic mass is 10.0. The van der Waals surface area contributed by atoms with Gasteiger partial charge in [-0.05, 0) is 43.2 Å². The quantitative estimate of drug-likeness (QED) is 0.634. The van der Waals surface area contributed by atoms with E-state index in [0.717, 1.165) is 5.69 Å². The summed E-state index contributed by atoms with van der Waals surface area (Å²) in [7, 11) is 1.59. The van der Waals surface area contributed by atoms with E-state index >= 15 is 0 Å². The van der Waals surface area contributed by atoms with E-state index in [1.165, 1.54) is 12.5 Å². The Labute approximate surface area is 180 Å². The van der Waals surface area contributed by atoms with E-state index in [1.807, 2.05) is 24.3 Å². The number of hydrogen-bond donors (Lipinski definition) is 2. The van der Waals surface area contributed by atoms with Gasteiger partial charge in [0.15, 0.2) is 0 Å². The van der Waals surface area contributed by atoms with Crippen LogP contribution in [0.4, 0.5) is 11.5 Å². The molecule has 0 radical (unpaired) electrons. The molecule has 1 fully saturated rings. The monoisotopic (exact) mass is 420 g/mol. The summed E-state index contributed by atoms with van der Waals surface area (Å²) in [6.45, 7) is 1.16. The highest BCUT2D eigenvalue weighted by molar-refractivity contribution is 5.99. The van der Waals surface area contributed by atoms with Crippen molar-refractivity contribution in [1.82, 2.24) is 15.2 Å². The van der Waals surface area contributed by atoms with Crippen molar-refractivity contribution in [2.75, 3.05) is 25.5 Å². The van der Waals surface area contributed by atoms with Crippen molar-refractivity contribution in [1.29, 1.82) is 0 Å². The van der Waals surface area contributed by atoms with Crippen LogP contribution in [0.3, 0.4) is 0 Å². The maximum Gasteiger partial charge on any atom is 0.257 e. The van der Waals surface area contributed by atoms with Crippen molar-refractivity contribution < 1.29 is 18.7 Å². The Hall–Kier alpha value is -3.81. The maximum atomic E-state index is 13.0. The molecule has 2 amide bonds. The molecule has 0 spiro atoms. The number of rotatable bonds is 6. The molecule has 8 nitrogen and oxygen atoms in total. The molecule has 31 heavy (non-hydrogen) atoms. The number of nitrogens with zero attached hydrogens (tertiary/aromatic N) is 2. The molecule has 0 atom stereocenters.